The van der Waals surface area contributed by atoms with E-state index in [0.29, 0.717) is 25.7 Å². The molecule has 534 valence electrons. The normalized spacial score (nSPS) is 14.6. The van der Waals surface area contributed by atoms with Gasteiger partial charge in [-0.2, -0.15) is 0 Å². The lowest BCUT2D eigenvalue weighted by atomic mass is 10.00. The van der Waals surface area contributed by atoms with Crippen LogP contribution in [0.25, 0.3) is 0 Å². The minimum Gasteiger partial charge on any atom is -0.462 e. The van der Waals surface area contributed by atoms with Gasteiger partial charge in [0, 0.05) is 25.7 Å². The van der Waals surface area contributed by atoms with Crippen molar-refractivity contribution in [3.63, 3.8) is 0 Å². The van der Waals surface area contributed by atoms with Crippen molar-refractivity contribution in [3.05, 3.63) is 0 Å². The second-order valence-corrected chi connectivity index (χ2v) is 30.2. The van der Waals surface area contributed by atoms with E-state index in [0.717, 1.165) is 114 Å². The van der Waals surface area contributed by atoms with Crippen molar-refractivity contribution in [2.45, 2.75) is 369 Å². The first kappa shape index (κ1) is 88.1. The third-order valence-corrected chi connectivity index (χ3v) is 18.6. The first-order valence-electron chi connectivity index (χ1n) is 36.7. The maximum absolute atomic E-state index is 13.0. The van der Waals surface area contributed by atoms with E-state index in [-0.39, 0.29) is 25.7 Å². The molecule has 0 bridgehead atoms. The molecule has 0 aliphatic carbocycles. The Morgan fingerprint density at radius 3 is 0.789 bits per heavy atom. The molecule has 0 fully saturated rings. The van der Waals surface area contributed by atoms with Gasteiger partial charge in [-0.05, 0) is 49.4 Å². The van der Waals surface area contributed by atoms with Gasteiger partial charge in [0.05, 0.1) is 26.4 Å². The first-order chi connectivity index (χ1) is 43.1. The summed E-state index contributed by atoms with van der Waals surface area (Å²) in [5.41, 5.74) is 0. The van der Waals surface area contributed by atoms with Crippen LogP contribution in [0.1, 0.15) is 351 Å². The molecular formula is C71H138O17P2. The zero-order valence-electron chi connectivity index (χ0n) is 58.8. The Bertz CT molecular complexity index is 1780. The standard InChI is InChI=1S/C71H138O17P2/c1-9-64(8)50-42-34-29-30-38-46-54-71(76)88-67(58-82-69(74)52-44-36-27-22-20-25-33-41-49-63(6)7)60-86-90(79,80)84-56-65(72)55-83-89(77,78)85-59-66(57-81-68(73)51-43-35-26-21-19-24-32-40-48-62(4)5)87-70(75)53-45-37-28-18-16-14-12-10-11-13-15-17-23-31-39-47-61(2)3/h61-67,72H,9-60H2,1-8H3,(H,77,78)(H,79,80)/t64?,65?,66-,67-/m1/s1. The summed E-state index contributed by atoms with van der Waals surface area (Å²) in [6.45, 7) is 14.1. The van der Waals surface area contributed by atoms with E-state index in [1.54, 1.807) is 0 Å². The first-order valence-corrected chi connectivity index (χ1v) is 39.7. The second kappa shape index (κ2) is 60.7. The summed E-state index contributed by atoms with van der Waals surface area (Å²) in [7, 11) is -9.90. The molecule has 17 nitrogen and oxygen atoms in total. The van der Waals surface area contributed by atoms with Crippen LogP contribution >= 0.6 is 15.6 Å². The SMILES string of the molecule is CCC(C)CCCCCCCCC(=O)O[C@H](COC(=O)CCCCCCCCCCC(C)C)COP(=O)(O)OCC(O)COP(=O)(O)OC[C@@H](COC(=O)CCCCCCCCCCC(C)C)OC(=O)CCCCCCCCCCCCCCCCCC(C)C. The number of hydrogen-bond donors (Lipinski definition) is 3. The Morgan fingerprint density at radius 2 is 0.533 bits per heavy atom. The van der Waals surface area contributed by atoms with Crippen molar-refractivity contribution in [2.24, 2.45) is 23.7 Å². The third-order valence-electron chi connectivity index (χ3n) is 16.7. The van der Waals surface area contributed by atoms with Crippen LogP contribution in [0.15, 0.2) is 0 Å². The Labute approximate surface area is 549 Å². The molecule has 0 spiro atoms. The summed E-state index contributed by atoms with van der Waals surface area (Å²) in [5.74, 6) is 0.844. The van der Waals surface area contributed by atoms with Crippen LogP contribution in [-0.2, 0) is 65.4 Å². The molecule has 0 aromatic heterocycles. The number of carbonyl (C=O) groups is 4. The van der Waals surface area contributed by atoms with E-state index in [1.807, 2.05) is 0 Å². The van der Waals surface area contributed by atoms with Crippen LogP contribution in [0.3, 0.4) is 0 Å². The molecule has 0 rings (SSSR count). The average Bonchev–Trinajstić information content (AvgIpc) is 3.67. The Hall–Kier alpha value is -1.94. The highest BCUT2D eigenvalue weighted by Gasteiger charge is 2.30. The topological polar surface area (TPSA) is 237 Å². The molecule has 90 heavy (non-hydrogen) atoms. The van der Waals surface area contributed by atoms with E-state index in [1.165, 1.54) is 154 Å². The minimum atomic E-state index is -4.95. The maximum atomic E-state index is 13.0. The molecule has 0 amide bonds. The van der Waals surface area contributed by atoms with E-state index in [4.69, 9.17) is 37.0 Å². The zero-order valence-corrected chi connectivity index (χ0v) is 60.6. The summed E-state index contributed by atoms with van der Waals surface area (Å²) in [5, 5.41) is 10.6. The number of unbranched alkanes of at least 4 members (excludes halogenated alkanes) is 33. The molecule has 0 heterocycles. The van der Waals surface area contributed by atoms with Gasteiger partial charge in [-0.25, -0.2) is 9.13 Å². The van der Waals surface area contributed by atoms with E-state index >= 15 is 0 Å². The number of phosphoric ester groups is 2. The summed E-state index contributed by atoms with van der Waals surface area (Å²) < 4.78 is 68.3. The molecule has 6 atom stereocenters. The molecule has 0 saturated heterocycles. The van der Waals surface area contributed by atoms with Gasteiger partial charge in [-0.1, -0.05) is 299 Å². The van der Waals surface area contributed by atoms with Gasteiger partial charge in [0.25, 0.3) is 0 Å². The van der Waals surface area contributed by atoms with Crippen molar-refractivity contribution in [2.75, 3.05) is 39.6 Å². The number of carbonyl (C=O) groups excluding carboxylic acids is 4. The second-order valence-electron chi connectivity index (χ2n) is 27.3. The predicted molar refractivity (Wildman–Crippen MR) is 363 cm³/mol. The molecule has 19 heteroatoms. The van der Waals surface area contributed by atoms with E-state index in [2.05, 4.69) is 55.4 Å². The quantitative estimate of drug-likeness (QED) is 0.0222. The highest BCUT2D eigenvalue weighted by molar-refractivity contribution is 7.47. The average molecular weight is 1330 g/mol. The molecule has 0 aromatic carbocycles. The number of hydrogen-bond acceptors (Lipinski definition) is 15. The monoisotopic (exact) mass is 1320 g/mol. The molecule has 0 aliphatic heterocycles. The number of phosphoric acid groups is 2. The van der Waals surface area contributed by atoms with Crippen molar-refractivity contribution in [3.8, 4) is 0 Å². The minimum absolute atomic E-state index is 0.102. The summed E-state index contributed by atoms with van der Waals surface area (Å²) >= 11 is 0. The van der Waals surface area contributed by atoms with Crippen LogP contribution in [0.4, 0.5) is 0 Å². The van der Waals surface area contributed by atoms with Gasteiger partial charge in [-0.15, -0.1) is 0 Å². The largest absolute Gasteiger partial charge is 0.472 e. The fraction of sp³-hybridized carbons (Fsp3) is 0.944. The van der Waals surface area contributed by atoms with Crippen LogP contribution < -0.4 is 0 Å². The van der Waals surface area contributed by atoms with Gasteiger partial charge in [0.1, 0.15) is 19.3 Å². The lowest BCUT2D eigenvalue weighted by Crippen LogP contribution is -2.30. The highest BCUT2D eigenvalue weighted by atomic mass is 31.2. The van der Waals surface area contributed by atoms with Crippen LogP contribution in [0.5, 0.6) is 0 Å². The van der Waals surface area contributed by atoms with Gasteiger partial charge < -0.3 is 33.8 Å². The Balaban J connectivity index is 5.22. The highest BCUT2D eigenvalue weighted by Crippen LogP contribution is 2.45. The van der Waals surface area contributed by atoms with Gasteiger partial charge in [0.2, 0.25) is 0 Å². The molecule has 4 unspecified atom stereocenters. The maximum Gasteiger partial charge on any atom is 0.472 e. The van der Waals surface area contributed by atoms with Crippen LogP contribution in [0, 0.1) is 23.7 Å². The molecule has 3 N–H and O–H groups in total. The number of ether oxygens (including phenoxy) is 4. The van der Waals surface area contributed by atoms with Crippen molar-refractivity contribution in [1.82, 2.24) is 0 Å². The van der Waals surface area contributed by atoms with Crippen molar-refractivity contribution >= 4 is 39.5 Å². The van der Waals surface area contributed by atoms with E-state index in [9.17, 15) is 43.2 Å². The fourth-order valence-corrected chi connectivity index (χ4v) is 12.2. The van der Waals surface area contributed by atoms with Gasteiger partial charge in [0.15, 0.2) is 12.2 Å². The molecular weight excluding hydrogens is 1190 g/mol. The fourth-order valence-electron chi connectivity index (χ4n) is 10.6. The summed E-state index contributed by atoms with van der Waals surface area (Å²) in [4.78, 5) is 72.5. The molecule has 0 radical (unpaired) electrons. The lowest BCUT2D eigenvalue weighted by molar-refractivity contribution is -0.161. The van der Waals surface area contributed by atoms with Crippen molar-refractivity contribution < 1.29 is 80.2 Å². The molecule has 0 aliphatic rings. The van der Waals surface area contributed by atoms with E-state index < -0.39 is 97.5 Å². The van der Waals surface area contributed by atoms with Gasteiger partial charge in [-0.3, -0.25) is 37.3 Å². The number of rotatable bonds is 68. The Morgan fingerprint density at radius 1 is 0.311 bits per heavy atom. The predicted octanol–water partition coefficient (Wildman–Crippen LogP) is 20.1. The van der Waals surface area contributed by atoms with Gasteiger partial charge >= 0.3 is 39.5 Å². The number of aliphatic hydroxyl groups excluding tert-OH is 1. The summed E-state index contributed by atoms with van der Waals surface area (Å²) in [6, 6.07) is 0. The molecule has 0 aromatic rings. The van der Waals surface area contributed by atoms with Crippen LogP contribution in [0.2, 0.25) is 0 Å². The number of aliphatic hydroxyl groups is 1. The Kier molecular flexibility index (Phi) is 59.4. The van der Waals surface area contributed by atoms with Crippen molar-refractivity contribution in [1.29, 1.82) is 0 Å². The lowest BCUT2D eigenvalue weighted by Gasteiger charge is -2.21. The smallest absolute Gasteiger partial charge is 0.462 e. The zero-order chi connectivity index (χ0) is 66.8. The van der Waals surface area contributed by atoms with Crippen LogP contribution in [-0.4, -0.2) is 96.7 Å². The molecule has 0 saturated carbocycles. The third kappa shape index (κ3) is 63.5. The number of esters is 4. The summed E-state index contributed by atoms with van der Waals surface area (Å²) in [6.07, 6.45) is 43.2.